The van der Waals surface area contributed by atoms with Gasteiger partial charge < -0.3 is 5.73 Å². The molecule has 2 N–H and O–H groups in total. The molecule has 3 rings (SSSR count). The summed E-state index contributed by atoms with van der Waals surface area (Å²) >= 11 is 2.15. The Labute approximate surface area is 122 Å². The van der Waals surface area contributed by atoms with Crippen LogP contribution >= 0.6 is 22.6 Å². The van der Waals surface area contributed by atoms with Crippen LogP contribution in [-0.4, -0.2) is 24.7 Å². The van der Waals surface area contributed by atoms with Gasteiger partial charge in [0, 0.05) is 27.2 Å². The fourth-order valence-electron chi connectivity index (χ4n) is 1.59. The molecule has 1 aromatic carbocycles. The minimum absolute atomic E-state index is 0.489. The van der Waals surface area contributed by atoms with Gasteiger partial charge in [-0.25, -0.2) is 15.0 Å². The zero-order valence-corrected chi connectivity index (χ0v) is 11.9. The van der Waals surface area contributed by atoms with E-state index in [0.717, 1.165) is 9.13 Å². The van der Waals surface area contributed by atoms with E-state index in [9.17, 15) is 0 Å². The number of anilines is 1. The number of nitrogens with zero attached hydrogens (tertiary/aromatic N) is 5. The Morgan fingerprint density at radius 1 is 1.11 bits per heavy atom. The largest absolute Gasteiger partial charge is 0.399 e. The summed E-state index contributed by atoms with van der Waals surface area (Å²) in [7, 11) is 0. The summed E-state index contributed by atoms with van der Waals surface area (Å²) in [6.07, 6.45) is 5.04. The van der Waals surface area contributed by atoms with E-state index in [1.807, 2.05) is 24.3 Å². The molecule has 0 saturated heterocycles. The Hall–Kier alpha value is -2.03. The quantitative estimate of drug-likeness (QED) is 0.555. The zero-order chi connectivity index (χ0) is 13.2. The third-order valence-electron chi connectivity index (χ3n) is 2.45. The minimum Gasteiger partial charge on any atom is -0.399 e. The van der Waals surface area contributed by atoms with Gasteiger partial charge in [-0.05, 0) is 34.7 Å². The monoisotopic (exact) mass is 364 g/mol. The number of halogens is 1. The molecule has 0 amide bonds. The molecule has 0 aliphatic carbocycles. The number of aromatic nitrogens is 5. The molecule has 2 aromatic heterocycles. The van der Waals surface area contributed by atoms with Gasteiger partial charge in [0.15, 0.2) is 5.82 Å². The van der Waals surface area contributed by atoms with Crippen LogP contribution in [0.4, 0.5) is 5.69 Å². The number of nitrogens with two attached hydrogens (primary N) is 1. The molecule has 94 valence electrons. The Kier molecular flexibility index (Phi) is 3.11. The lowest BCUT2D eigenvalue weighted by Crippen LogP contribution is -2.01. The molecule has 0 spiro atoms. The minimum atomic E-state index is 0.489. The van der Waals surface area contributed by atoms with Crippen molar-refractivity contribution in [3.8, 4) is 17.3 Å². The summed E-state index contributed by atoms with van der Waals surface area (Å²) in [6.45, 7) is 0. The van der Waals surface area contributed by atoms with E-state index in [1.54, 1.807) is 18.7 Å². The average Bonchev–Trinajstić information content (AvgIpc) is 2.89. The Bertz CT molecular complexity index is 706. The van der Waals surface area contributed by atoms with Gasteiger partial charge in [-0.3, -0.25) is 0 Å². The molecule has 0 fully saturated rings. The van der Waals surface area contributed by atoms with Crippen LogP contribution < -0.4 is 5.73 Å². The van der Waals surface area contributed by atoms with Crippen molar-refractivity contribution in [1.29, 1.82) is 0 Å². The van der Waals surface area contributed by atoms with Gasteiger partial charge in [0.1, 0.15) is 6.33 Å². The first kappa shape index (κ1) is 12.0. The summed E-state index contributed by atoms with van der Waals surface area (Å²) in [5.74, 6) is 1.08. The molecular formula is C12H9IN6. The highest BCUT2D eigenvalue weighted by Gasteiger charge is 2.07. The predicted octanol–water partition coefficient (Wildman–Crippen LogP) is 1.91. The van der Waals surface area contributed by atoms with Gasteiger partial charge >= 0.3 is 0 Å². The van der Waals surface area contributed by atoms with Crippen molar-refractivity contribution in [2.45, 2.75) is 0 Å². The van der Waals surface area contributed by atoms with Gasteiger partial charge in [-0.2, -0.15) is 4.68 Å². The van der Waals surface area contributed by atoms with Crippen molar-refractivity contribution in [3.63, 3.8) is 0 Å². The number of rotatable bonds is 2. The van der Waals surface area contributed by atoms with E-state index in [1.165, 1.54) is 4.68 Å². The molecule has 0 atom stereocenters. The zero-order valence-electron chi connectivity index (χ0n) is 9.73. The first-order chi connectivity index (χ1) is 9.22. The summed E-state index contributed by atoms with van der Waals surface area (Å²) < 4.78 is 2.51. The highest BCUT2D eigenvalue weighted by atomic mass is 127. The SMILES string of the molecule is Nc1cccc(-c2ncn(-c3ncc(I)cn3)n2)c1. The number of hydrogen-bond acceptors (Lipinski definition) is 5. The van der Waals surface area contributed by atoms with Crippen molar-refractivity contribution in [1.82, 2.24) is 24.7 Å². The second-order valence-corrected chi connectivity index (χ2v) is 5.09. The smallest absolute Gasteiger partial charge is 0.252 e. The normalized spacial score (nSPS) is 10.6. The first-order valence-electron chi connectivity index (χ1n) is 5.48. The van der Waals surface area contributed by atoms with Crippen LogP contribution in [0.15, 0.2) is 43.0 Å². The van der Waals surface area contributed by atoms with Crippen LogP contribution in [0.5, 0.6) is 0 Å². The van der Waals surface area contributed by atoms with Gasteiger partial charge in [0.2, 0.25) is 0 Å². The van der Waals surface area contributed by atoms with Crippen LogP contribution in [0.25, 0.3) is 17.3 Å². The molecule has 0 radical (unpaired) electrons. The average molecular weight is 364 g/mol. The van der Waals surface area contributed by atoms with E-state index in [2.05, 4.69) is 42.6 Å². The molecule has 2 heterocycles. The van der Waals surface area contributed by atoms with Crippen LogP contribution in [0, 0.1) is 3.57 Å². The van der Waals surface area contributed by atoms with Crippen LogP contribution in [0.1, 0.15) is 0 Å². The molecule has 0 bridgehead atoms. The van der Waals surface area contributed by atoms with E-state index < -0.39 is 0 Å². The van der Waals surface area contributed by atoms with Crippen LogP contribution in [0.2, 0.25) is 0 Å². The molecule has 7 heteroatoms. The highest BCUT2D eigenvalue weighted by molar-refractivity contribution is 14.1. The second kappa shape index (κ2) is 4.92. The van der Waals surface area contributed by atoms with E-state index >= 15 is 0 Å². The van der Waals surface area contributed by atoms with Crippen LogP contribution in [0.3, 0.4) is 0 Å². The van der Waals surface area contributed by atoms with Crippen molar-refractivity contribution in [2.75, 3.05) is 5.73 Å². The maximum Gasteiger partial charge on any atom is 0.252 e. The lowest BCUT2D eigenvalue weighted by atomic mass is 10.2. The second-order valence-electron chi connectivity index (χ2n) is 3.84. The fourth-order valence-corrected chi connectivity index (χ4v) is 1.87. The van der Waals surface area contributed by atoms with Gasteiger partial charge in [0.25, 0.3) is 5.95 Å². The lowest BCUT2D eigenvalue weighted by molar-refractivity contribution is 0.807. The Balaban J connectivity index is 1.97. The topological polar surface area (TPSA) is 82.5 Å². The molecule has 0 aliphatic heterocycles. The summed E-state index contributed by atoms with van der Waals surface area (Å²) in [5, 5.41) is 4.34. The molecule has 0 aliphatic rings. The van der Waals surface area contributed by atoms with E-state index in [-0.39, 0.29) is 0 Å². The van der Waals surface area contributed by atoms with Crippen molar-refractivity contribution >= 4 is 28.3 Å². The third-order valence-corrected chi connectivity index (χ3v) is 3.01. The molecule has 0 saturated carbocycles. The maximum absolute atomic E-state index is 5.74. The van der Waals surface area contributed by atoms with Gasteiger partial charge in [-0.15, -0.1) is 5.10 Å². The molecule has 3 aromatic rings. The number of hydrogen-bond donors (Lipinski definition) is 1. The Morgan fingerprint density at radius 2 is 1.89 bits per heavy atom. The molecule has 19 heavy (non-hydrogen) atoms. The summed E-state index contributed by atoms with van der Waals surface area (Å²) in [6, 6.07) is 7.43. The predicted molar refractivity (Wildman–Crippen MR) is 79.5 cm³/mol. The Morgan fingerprint density at radius 3 is 2.63 bits per heavy atom. The third kappa shape index (κ3) is 2.55. The van der Waals surface area contributed by atoms with Crippen LogP contribution in [-0.2, 0) is 0 Å². The maximum atomic E-state index is 5.74. The summed E-state index contributed by atoms with van der Waals surface area (Å²) in [5.41, 5.74) is 7.29. The van der Waals surface area contributed by atoms with Crippen molar-refractivity contribution in [3.05, 3.63) is 46.6 Å². The molecular weight excluding hydrogens is 355 g/mol. The van der Waals surface area contributed by atoms with E-state index in [4.69, 9.17) is 5.73 Å². The van der Waals surface area contributed by atoms with Gasteiger partial charge in [0.05, 0.1) is 0 Å². The van der Waals surface area contributed by atoms with E-state index in [0.29, 0.717) is 17.5 Å². The summed E-state index contributed by atoms with van der Waals surface area (Å²) in [4.78, 5) is 12.6. The first-order valence-corrected chi connectivity index (χ1v) is 6.56. The highest BCUT2D eigenvalue weighted by Crippen LogP contribution is 2.17. The lowest BCUT2D eigenvalue weighted by Gasteiger charge is -1.98. The van der Waals surface area contributed by atoms with Crippen molar-refractivity contribution in [2.24, 2.45) is 0 Å². The number of nitrogen functional groups attached to an aromatic ring is 1. The van der Waals surface area contributed by atoms with Gasteiger partial charge in [-0.1, -0.05) is 12.1 Å². The molecule has 6 nitrogen and oxygen atoms in total. The fraction of sp³-hybridized carbons (Fsp3) is 0. The number of benzene rings is 1. The molecule has 0 unspecified atom stereocenters. The van der Waals surface area contributed by atoms with Crippen molar-refractivity contribution < 1.29 is 0 Å². The standard InChI is InChI=1S/C12H9IN6/c13-9-5-15-12(16-6-9)19-7-17-11(18-19)8-2-1-3-10(14)4-8/h1-7H,14H2.